The molecule has 0 aliphatic carbocycles. The molecule has 2 aromatic carbocycles. The second-order valence-corrected chi connectivity index (χ2v) is 6.69. The minimum atomic E-state index is -0.0242. The van der Waals surface area contributed by atoms with Crippen molar-refractivity contribution in [2.24, 2.45) is 0 Å². The minimum absolute atomic E-state index is 0.0242. The van der Waals surface area contributed by atoms with E-state index in [1.54, 1.807) is 38.2 Å². The van der Waals surface area contributed by atoms with Crippen molar-refractivity contribution in [2.45, 2.75) is 0 Å². The molecule has 0 bridgehead atoms. The second-order valence-electron chi connectivity index (χ2n) is 6.28. The highest BCUT2D eigenvalue weighted by Gasteiger charge is 2.07. The number of thiocarbonyl (C=S) groups is 1. The van der Waals surface area contributed by atoms with Crippen LogP contribution in [-0.4, -0.2) is 57.3 Å². The van der Waals surface area contributed by atoms with Gasteiger partial charge in [0.1, 0.15) is 5.75 Å². The van der Waals surface area contributed by atoms with Crippen LogP contribution < -0.4 is 20.3 Å². The fraction of sp³-hybridized carbons (Fsp3) is 0.300. The van der Waals surface area contributed by atoms with E-state index in [4.69, 9.17) is 17.0 Å². The third-order valence-electron chi connectivity index (χ3n) is 4.04. The average Bonchev–Trinajstić information content (AvgIpc) is 2.68. The molecule has 0 saturated carbocycles. The number of methoxy groups -OCH3 is 1. The highest BCUT2D eigenvalue weighted by molar-refractivity contribution is 7.80. The molecule has 0 saturated heterocycles. The molecule has 0 aromatic heterocycles. The fourth-order valence-electron chi connectivity index (χ4n) is 2.43. The summed E-state index contributed by atoms with van der Waals surface area (Å²) in [7, 11) is 7.15. The number of nitrogens with zero attached hydrogens (tertiary/aromatic N) is 2. The minimum Gasteiger partial charge on any atom is -0.497 e. The van der Waals surface area contributed by atoms with E-state index in [2.05, 4.69) is 15.5 Å². The number of amides is 1. The van der Waals surface area contributed by atoms with Crippen LogP contribution in [0.15, 0.2) is 48.5 Å². The lowest BCUT2D eigenvalue weighted by molar-refractivity contribution is 0.0827. The molecule has 1 amide bonds. The fourth-order valence-corrected chi connectivity index (χ4v) is 2.65. The number of hydrogen-bond donors (Lipinski definition) is 2. The summed E-state index contributed by atoms with van der Waals surface area (Å²) in [6.45, 7) is 1.50. The quantitative estimate of drug-likeness (QED) is 0.714. The summed E-state index contributed by atoms with van der Waals surface area (Å²) in [6, 6.07) is 15.2. The largest absolute Gasteiger partial charge is 0.497 e. The lowest BCUT2D eigenvalue weighted by Crippen LogP contribution is -2.35. The van der Waals surface area contributed by atoms with Crippen molar-refractivity contribution < 1.29 is 9.53 Å². The van der Waals surface area contributed by atoms with Crippen molar-refractivity contribution >= 4 is 34.6 Å². The van der Waals surface area contributed by atoms with E-state index >= 15 is 0 Å². The summed E-state index contributed by atoms with van der Waals surface area (Å²) in [5.74, 6) is 0.817. The molecule has 0 atom stereocenters. The average molecular weight is 387 g/mol. The molecule has 27 heavy (non-hydrogen) atoms. The number of anilines is 2. The van der Waals surface area contributed by atoms with Crippen LogP contribution in [0.25, 0.3) is 0 Å². The van der Waals surface area contributed by atoms with Crippen LogP contribution >= 0.6 is 12.2 Å². The predicted molar refractivity (Wildman–Crippen MR) is 115 cm³/mol. The maximum Gasteiger partial charge on any atom is 0.253 e. The smallest absolute Gasteiger partial charge is 0.253 e. The van der Waals surface area contributed by atoms with Gasteiger partial charge in [0.2, 0.25) is 0 Å². The van der Waals surface area contributed by atoms with E-state index in [-0.39, 0.29) is 5.91 Å². The molecule has 6 nitrogen and oxygen atoms in total. The van der Waals surface area contributed by atoms with Gasteiger partial charge in [0, 0.05) is 51.2 Å². The highest BCUT2D eigenvalue weighted by Crippen LogP contribution is 2.17. The van der Waals surface area contributed by atoms with Gasteiger partial charge < -0.3 is 25.2 Å². The molecule has 2 N–H and O–H groups in total. The van der Waals surface area contributed by atoms with Crippen molar-refractivity contribution in [1.29, 1.82) is 0 Å². The van der Waals surface area contributed by atoms with Crippen molar-refractivity contribution in [2.75, 3.05) is 51.6 Å². The first-order valence-corrected chi connectivity index (χ1v) is 9.03. The molecule has 0 aliphatic heterocycles. The molecule has 144 valence electrons. The molecule has 0 aliphatic rings. The summed E-state index contributed by atoms with van der Waals surface area (Å²) in [4.78, 5) is 15.6. The molecular formula is C20H26N4O2S. The number of hydrogen-bond acceptors (Lipinski definition) is 4. The molecular weight excluding hydrogens is 360 g/mol. The van der Waals surface area contributed by atoms with Crippen LogP contribution in [-0.2, 0) is 0 Å². The standard InChI is InChI=1S/C20H26N4O2S/c1-23(2)19(25)15-5-7-16(8-6-15)22-20(27)21-13-14-24(3)17-9-11-18(26-4)12-10-17/h5-12H,13-14H2,1-4H3,(H2,21,22,27). The molecule has 7 heteroatoms. The summed E-state index contributed by atoms with van der Waals surface area (Å²) in [6.07, 6.45) is 0. The third kappa shape index (κ3) is 6.14. The topological polar surface area (TPSA) is 56.8 Å². The first-order valence-electron chi connectivity index (χ1n) is 8.62. The molecule has 2 rings (SSSR count). The number of carbonyl (C=O) groups is 1. The van der Waals surface area contributed by atoms with E-state index in [1.807, 2.05) is 43.4 Å². The molecule has 0 fully saturated rings. The Hall–Kier alpha value is -2.80. The summed E-state index contributed by atoms with van der Waals surface area (Å²) in [5.41, 5.74) is 2.59. The third-order valence-corrected chi connectivity index (χ3v) is 4.29. The first-order chi connectivity index (χ1) is 12.9. The van der Waals surface area contributed by atoms with Crippen LogP contribution in [0, 0.1) is 0 Å². The number of carbonyl (C=O) groups excluding carboxylic acids is 1. The van der Waals surface area contributed by atoms with Crippen LogP contribution in [0.1, 0.15) is 10.4 Å². The Morgan fingerprint density at radius 1 is 1.04 bits per heavy atom. The number of likely N-dealkylation sites (N-methyl/N-ethyl adjacent to an activating group) is 1. The zero-order chi connectivity index (χ0) is 19.8. The van der Waals surface area contributed by atoms with E-state index in [9.17, 15) is 4.79 Å². The van der Waals surface area contributed by atoms with Gasteiger partial charge in [-0.3, -0.25) is 4.79 Å². The Labute approximate surface area is 166 Å². The first kappa shape index (κ1) is 20.5. The van der Waals surface area contributed by atoms with Crippen LogP contribution in [0.3, 0.4) is 0 Å². The van der Waals surface area contributed by atoms with Crippen molar-refractivity contribution in [3.63, 3.8) is 0 Å². The molecule has 2 aromatic rings. The Balaban J connectivity index is 1.77. The van der Waals surface area contributed by atoms with Crippen LogP contribution in [0.5, 0.6) is 5.75 Å². The van der Waals surface area contributed by atoms with E-state index in [0.717, 1.165) is 23.7 Å². The van der Waals surface area contributed by atoms with Gasteiger partial charge in [-0.25, -0.2) is 0 Å². The molecule has 0 radical (unpaired) electrons. The number of benzene rings is 2. The van der Waals surface area contributed by atoms with Crippen molar-refractivity contribution in [3.05, 3.63) is 54.1 Å². The number of nitrogens with one attached hydrogen (secondary N) is 2. The summed E-state index contributed by atoms with van der Waals surface area (Å²) >= 11 is 5.33. The van der Waals surface area contributed by atoms with E-state index < -0.39 is 0 Å². The van der Waals surface area contributed by atoms with Gasteiger partial charge >= 0.3 is 0 Å². The van der Waals surface area contributed by atoms with E-state index in [0.29, 0.717) is 17.2 Å². The van der Waals surface area contributed by atoms with E-state index in [1.165, 1.54) is 0 Å². The predicted octanol–water partition coefficient (Wildman–Crippen LogP) is 2.82. The summed E-state index contributed by atoms with van der Waals surface area (Å²) < 4.78 is 5.17. The van der Waals surface area contributed by atoms with Gasteiger partial charge in [0.25, 0.3) is 5.91 Å². The maximum atomic E-state index is 11.9. The molecule has 0 heterocycles. The Morgan fingerprint density at radius 3 is 2.22 bits per heavy atom. The van der Waals surface area contributed by atoms with Crippen LogP contribution in [0.2, 0.25) is 0 Å². The maximum absolute atomic E-state index is 11.9. The molecule has 0 unspecified atom stereocenters. The monoisotopic (exact) mass is 386 g/mol. The lowest BCUT2D eigenvalue weighted by Gasteiger charge is -2.20. The van der Waals surface area contributed by atoms with Gasteiger partial charge in [0.05, 0.1) is 7.11 Å². The van der Waals surface area contributed by atoms with Crippen LogP contribution in [0.4, 0.5) is 11.4 Å². The number of ether oxygens (including phenoxy) is 1. The van der Waals surface area contributed by atoms with Gasteiger partial charge in [-0.05, 0) is 60.7 Å². The summed E-state index contributed by atoms with van der Waals surface area (Å²) in [5, 5.41) is 6.86. The number of rotatable bonds is 7. The normalized spacial score (nSPS) is 10.1. The Kier molecular flexibility index (Phi) is 7.43. The van der Waals surface area contributed by atoms with Gasteiger partial charge in [0.15, 0.2) is 5.11 Å². The van der Waals surface area contributed by atoms with Gasteiger partial charge in [-0.15, -0.1) is 0 Å². The zero-order valence-electron chi connectivity index (χ0n) is 16.2. The molecule has 0 spiro atoms. The second kappa shape index (κ2) is 9.78. The van der Waals surface area contributed by atoms with Crippen molar-refractivity contribution in [1.82, 2.24) is 10.2 Å². The van der Waals surface area contributed by atoms with Gasteiger partial charge in [-0.2, -0.15) is 0 Å². The zero-order valence-corrected chi connectivity index (χ0v) is 17.0. The van der Waals surface area contributed by atoms with Gasteiger partial charge in [-0.1, -0.05) is 0 Å². The highest BCUT2D eigenvalue weighted by atomic mass is 32.1. The van der Waals surface area contributed by atoms with Crippen molar-refractivity contribution in [3.8, 4) is 5.75 Å². The lowest BCUT2D eigenvalue weighted by atomic mass is 10.2. The SMILES string of the molecule is COc1ccc(N(C)CCNC(=S)Nc2ccc(C(=O)N(C)C)cc2)cc1. The Morgan fingerprint density at radius 2 is 1.67 bits per heavy atom. The Bertz CT molecular complexity index is 761.